The number of ketones is 1. The molecule has 0 radical (unpaired) electrons. The summed E-state index contributed by atoms with van der Waals surface area (Å²) in [4.78, 5) is 12.8. The Morgan fingerprint density at radius 3 is 2.65 bits per heavy atom. The van der Waals surface area contributed by atoms with Crippen LogP contribution in [0.5, 0.6) is 0 Å². The minimum atomic E-state index is -0.568. The van der Waals surface area contributed by atoms with E-state index in [-0.39, 0.29) is 21.9 Å². The molecule has 1 heterocycles. The molecule has 0 aromatic rings. The summed E-state index contributed by atoms with van der Waals surface area (Å²) in [5.74, 6) is 0.416. The number of hydrogen-bond donors (Lipinski definition) is 0. The Labute approximate surface area is 129 Å². The summed E-state index contributed by atoms with van der Waals surface area (Å²) in [6.07, 6.45) is 3.98. The van der Waals surface area contributed by atoms with Crippen molar-refractivity contribution < 1.29 is 14.3 Å². The Hall–Kier alpha value is -0.190. The molecule has 0 amide bonds. The van der Waals surface area contributed by atoms with E-state index >= 15 is 0 Å². The average molecular weight is 343 g/mol. The Balaban J connectivity index is 2.26. The van der Waals surface area contributed by atoms with Crippen LogP contribution in [0.15, 0.2) is 12.7 Å². The molecular weight excluding hydrogens is 320 g/mol. The molecule has 2 bridgehead atoms. The van der Waals surface area contributed by atoms with Crippen molar-refractivity contribution in [1.82, 2.24) is 0 Å². The largest absolute Gasteiger partial charge is 0.356 e. The zero-order chi connectivity index (χ0) is 15.0. The molecule has 1 aliphatic heterocycles. The normalized spacial score (nSPS) is 57.8. The lowest BCUT2D eigenvalue weighted by molar-refractivity contribution is -0.191. The molecule has 20 heavy (non-hydrogen) atoms. The molecule has 2 aliphatic carbocycles. The molecule has 3 nitrogen and oxygen atoms in total. The first kappa shape index (κ1) is 14.7. The molecule has 3 aliphatic rings. The minimum absolute atomic E-state index is 0.0422. The van der Waals surface area contributed by atoms with Gasteiger partial charge in [0.05, 0.1) is 15.3 Å². The number of methoxy groups -OCH3 is 1. The van der Waals surface area contributed by atoms with Crippen LogP contribution in [0, 0.1) is 16.7 Å². The van der Waals surface area contributed by atoms with Crippen LogP contribution in [0.25, 0.3) is 0 Å². The third-order valence-corrected chi connectivity index (χ3v) is 8.71. The highest BCUT2D eigenvalue weighted by Crippen LogP contribution is 2.77. The highest BCUT2D eigenvalue weighted by atomic mass is 79.9. The predicted molar refractivity (Wildman–Crippen MR) is 80.7 cm³/mol. The third-order valence-electron chi connectivity index (χ3n) is 6.73. The molecule has 6 atom stereocenters. The second kappa shape index (κ2) is 3.96. The van der Waals surface area contributed by atoms with Crippen LogP contribution in [0.1, 0.15) is 40.0 Å². The van der Waals surface area contributed by atoms with Crippen molar-refractivity contribution in [2.45, 2.75) is 56.2 Å². The lowest BCUT2D eigenvalue weighted by atomic mass is 9.59. The lowest BCUT2D eigenvalue weighted by Crippen LogP contribution is -2.54. The molecule has 3 rings (SSSR count). The highest BCUT2D eigenvalue weighted by molar-refractivity contribution is 9.10. The zero-order valence-electron chi connectivity index (χ0n) is 12.7. The van der Waals surface area contributed by atoms with Gasteiger partial charge in [-0.2, -0.15) is 0 Å². The van der Waals surface area contributed by atoms with E-state index < -0.39 is 11.0 Å². The number of carbonyl (C=O) groups is 1. The summed E-state index contributed by atoms with van der Waals surface area (Å²) in [6, 6.07) is 0. The van der Waals surface area contributed by atoms with Gasteiger partial charge in [0.2, 0.25) is 0 Å². The standard InChI is InChI=1S/C16H23BrO3/c1-6-10-13(2)8-7-11(18)14(10,3)15(4)16(13,17)9-12(19-5)20-15/h6,10,12H,1,7-9H2,2-5H3/t10-,12-,13+,14+,15+,16+/m0/s1. The van der Waals surface area contributed by atoms with Gasteiger partial charge in [-0.3, -0.25) is 4.79 Å². The van der Waals surface area contributed by atoms with E-state index in [1.807, 2.05) is 6.08 Å². The smallest absolute Gasteiger partial charge is 0.159 e. The number of alkyl halides is 1. The van der Waals surface area contributed by atoms with Gasteiger partial charge in [-0.05, 0) is 31.6 Å². The number of halogens is 1. The van der Waals surface area contributed by atoms with Crippen molar-refractivity contribution in [1.29, 1.82) is 0 Å². The average Bonchev–Trinajstić information content (AvgIpc) is 2.72. The second-order valence-electron chi connectivity index (χ2n) is 7.08. The van der Waals surface area contributed by atoms with Crippen LogP contribution in [-0.4, -0.2) is 29.1 Å². The van der Waals surface area contributed by atoms with Gasteiger partial charge in [0.1, 0.15) is 5.78 Å². The van der Waals surface area contributed by atoms with E-state index in [0.717, 1.165) is 12.8 Å². The minimum Gasteiger partial charge on any atom is -0.356 e. The van der Waals surface area contributed by atoms with Gasteiger partial charge < -0.3 is 9.47 Å². The van der Waals surface area contributed by atoms with Crippen molar-refractivity contribution in [2.24, 2.45) is 16.7 Å². The van der Waals surface area contributed by atoms with Gasteiger partial charge in [0.25, 0.3) is 0 Å². The van der Waals surface area contributed by atoms with E-state index in [0.29, 0.717) is 12.2 Å². The lowest BCUT2D eigenvalue weighted by Gasteiger charge is -2.45. The topological polar surface area (TPSA) is 35.5 Å². The molecule has 112 valence electrons. The summed E-state index contributed by atoms with van der Waals surface area (Å²) in [7, 11) is 1.67. The number of Topliss-reactive ketones (excluding diaryl/α,β-unsaturated/α-hetero) is 1. The maximum atomic E-state index is 12.8. The van der Waals surface area contributed by atoms with Crippen molar-refractivity contribution >= 4 is 21.7 Å². The molecule has 3 fully saturated rings. The van der Waals surface area contributed by atoms with Crippen LogP contribution < -0.4 is 0 Å². The molecule has 0 aromatic heterocycles. The van der Waals surface area contributed by atoms with Crippen molar-refractivity contribution in [3.05, 3.63) is 12.7 Å². The fraction of sp³-hybridized carbons (Fsp3) is 0.812. The number of ether oxygens (including phenoxy) is 2. The Kier molecular flexibility index (Phi) is 2.92. The number of fused-ring (bicyclic) bond motifs is 5. The van der Waals surface area contributed by atoms with Gasteiger partial charge in [-0.25, -0.2) is 0 Å². The summed E-state index contributed by atoms with van der Waals surface area (Å²) < 4.78 is 11.5. The monoisotopic (exact) mass is 342 g/mol. The quantitative estimate of drug-likeness (QED) is 0.569. The molecular formula is C16H23BrO3. The fourth-order valence-corrected chi connectivity index (χ4v) is 6.58. The Bertz CT molecular complexity index is 492. The summed E-state index contributed by atoms with van der Waals surface area (Å²) in [6.45, 7) is 10.4. The number of allylic oxidation sites excluding steroid dienone is 1. The number of carbonyl (C=O) groups excluding carboxylic acids is 1. The molecule has 2 saturated carbocycles. The van der Waals surface area contributed by atoms with Crippen LogP contribution in [0.3, 0.4) is 0 Å². The van der Waals surface area contributed by atoms with Crippen molar-refractivity contribution in [2.75, 3.05) is 7.11 Å². The fourth-order valence-electron chi connectivity index (χ4n) is 5.37. The van der Waals surface area contributed by atoms with Gasteiger partial charge in [-0.1, -0.05) is 28.9 Å². The van der Waals surface area contributed by atoms with Crippen molar-refractivity contribution in [3.8, 4) is 0 Å². The second-order valence-corrected chi connectivity index (χ2v) is 8.43. The van der Waals surface area contributed by atoms with E-state index in [4.69, 9.17) is 9.47 Å². The van der Waals surface area contributed by atoms with E-state index in [9.17, 15) is 4.79 Å². The Morgan fingerprint density at radius 1 is 1.45 bits per heavy atom. The maximum Gasteiger partial charge on any atom is 0.159 e. The van der Waals surface area contributed by atoms with Crippen LogP contribution >= 0.6 is 15.9 Å². The molecule has 4 heteroatoms. The van der Waals surface area contributed by atoms with Crippen LogP contribution in [-0.2, 0) is 14.3 Å². The molecule has 0 unspecified atom stereocenters. The van der Waals surface area contributed by atoms with Crippen molar-refractivity contribution in [3.63, 3.8) is 0 Å². The molecule has 0 aromatic carbocycles. The Morgan fingerprint density at radius 2 is 2.10 bits per heavy atom. The SMILES string of the molecule is C=C[C@@H]1[C@]2(C)C(=O)CC[C@@]1(C)[C@]1(Br)C[C@@H](OC)O[C@@]12C. The zero-order valence-corrected chi connectivity index (χ0v) is 14.2. The van der Waals surface area contributed by atoms with E-state index in [1.165, 1.54) is 0 Å². The molecule has 1 saturated heterocycles. The van der Waals surface area contributed by atoms with E-state index in [2.05, 4.69) is 43.3 Å². The summed E-state index contributed by atoms with van der Waals surface area (Å²) >= 11 is 4.01. The van der Waals surface area contributed by atoms with Gasteiger partial charge in [-0.15, -0.1) is 6.58 Å². The number of hydrogen-bond acceptors (Lipinski definition) is 3. The third kappa shape index (κ3) is 1.20. The maximum absolute atomic E-state index is 12.8. The summed E-state index contributed by atoms with van der Waals surface area (Å²) in [5, 5.41) is 0. The van der Waals surface area contributed by atoms with Gasteiger partial charge >= 0.3 is 0 Å². The highest BCUT2D eigenvalue weighted by Gasteiger charge is 2.82. The van der Waals surface area contributed by atoms with E-state index in [1.54, 1.807) is 7.11 Å². The first-order valence-corrected chi connectivity index (χ1v) is 8.06. The van der Waals surface area contributed by atoms with Gasteiger partial charge in [0, 0.05) is 20.0 Å². The van der Waals surface area contributed by atoms with Crippen LogP contribution in [0.2, 0.25) is 0 Å². The molecule has 0 spiro atoms. The summed E-state index contributed by atoms with van der Waals surface area (Å²) in [5.41, 5.74) is -1.15. The first-order chi connectivity index (χ1) is 9.21. The number of rotatable bonds is 2. The first-order valence-electron chi connectivity index (χ1n) is 7.26. The molecule has 0 N–H and O–H groups in total. The van der Waals surface area contributed by atoms with Gasteiger partial charge in [0.15, 0.2) is 6.29 Å². The van der Waals surface area contributed by atoms with Crippen LogP contribution in [0.4, 0.5) is 0 Å². The predicted octanol–water partition coefficient (Wildman–Crippen LogP) is 3.46.